The molecule has 10 heteroatoms. The number of likely N-dealkylation sites (tertiary alicyclic amines) is 1. The standard InChI is InChI=1S/C24H22N2O8/c1-34-22(31)15-9-7-14(8-10-15)19-17-18(24(25-19,23(32)33)11-16(27)28)21(30)26(20(17)29)12-13-5-3-2-4-6-13/h2-10,17-19,25H,11-12H2,1H3,(H,27,28)(H,32,33). The van der Waals surface area contributed by atoms with Crippen molar-refractivity contribution in [3.8, 4) is 0 Å². The number of methoxy groups -OCH3 is 1. The molecule has 2 saturated heterocycles. The summed E-state index contributed by atoms with van der Waals surface area (Å²) in [5, 5.41) is 22.4. The van der Waals surface area contributed by atoms with Crippen molar-refractivity contribution in [3.05, 3.63) is 71.3 Å². The van der Waals surface area contributed by atoms with Gasteiger partial charge < -0.3 is 14.9 Å². The number of nitrogens with zero attached hydrogens (tertiary/aromatic N) is 1. The van der Waals surface area contributed by atoms with Crippen LogP contribution in [0.4, 0.5) is 0 Å². The van der Waals surface area contributed by atoms with Gasteiger partial charge in [-0.15, -0.1) is 0 Å². The first-order chi connectivity index (χ1) is 16.2. The number of carbonyl (C=O) groups is 5. The lowest BCUT2D eigenvalue weighted by Crippen LogP contribution is -2.56. The molecule has 0 aliphatic carbocycles. The van der Waals surface area contributed by atoms with Crippen molar-refractivity contribution in [1.29, 1.82) is 0 Å². The number of hydrogen-bond acceptors (Lipinski definition) is 7. The van der Waals surface area contributed by atoms with Gasteiger partial charge in [0.15, 0.2) is 0 Å². The van der Waals surface area contributed by atoms with Gasteiger partial charge in [-0.25, -0.2) is 4.79 Å². The maximum atomic E-state index is 13.5. The number of fused-ring (bicyclic) bond motifs is 1. The first-order valence-corrected chi connectivity index (χ1v) is 10.5. The van der Waals surface area contributed by atoms with Gasteiger partial charge in [-0.3, -0.25) is 29.4 Å². The quantitative estimate of drug-likeness (QED) is 0.404. The van der Waals surface area contributed by atoms with E-state index in [9.17, 15) is 34.2 Å². The highest BCUT2D eigenvalue weighted by Crippen LogP contribution is 2.50. The summed E-state index contributed by atoms with van der Waals surface area (Å²) < 4.78 is 4.68. The van der Waals surface area contributed by atoms with Crippen molar-refractivity contribution in [2.45, 2.75) is 24.5 Å². The summed E-state index contributed by atoms with van der Waals surface area (Å²) in [5.41, 5.74) is -0.815. The number of nitrogens with one attached hydrogen (secondary N) is 1. The van der Waals surface area contributed by atoms with Crippen molar-refractivity contribution in [2.24, 2.45) is 11.8 Å². The van der Waals surface area contributed by atoms with Crippen molar-refractivity contribution >= 4 is 29.7 Å². The van der Waals surface area contributed by atoms with Crippen LogP contribution in [0.1, 0.15) is 33.9 Å². The Morgan fingerprint density at radius 1 is 1.00 bits per heavy atom. The number of amides is 2. The van der Waals surface area contributed by atoms with Crippen LogP contribution in [0.25, 0.3) is 0 Å². The maximum absolute atomic E-state index is 13.5. The molecule has 0 aromatic heterocycles. The van der Waals surface area contributed by atoms with E-state index in [1.165, 1.54) is 31.4 Å². The minimum absolute atomic E-state index is 0.0533. The second-order valence-corrected chi connectivity index (χ2v) is 8.33. The van der Waals surface area contributed by atoms with E-state index in [2.05, 4.69) is 10.1 Å². The lowest BCUT2D eigenvalue weighted by molar-refractivity contribution is -0.156. The smallest absolute Gasteiger partial charge is 0.337 e. The van der Waals surface area contributed by atoms with Crippen LogP contribution in [0.5, 0.6) is 0 Å². The molecule has 0 spiro atoms. The molecule has 2 aliphatic heterocycles. The number of carbonyl (C=O) groups excluding carboxylic acids is 3. The highest BCUT2D eigenvalue weighted by Gasteiger charge is 2.69. The molecule has 2 amide bonds. The van der Waals surface area contributed by atoms with Crippen molar-refractivity contribution < 1.29 is 38.9 Å². The van der Waals surface area contributed by atoms with Crippen LogP contribution in [0, 0.1) is 11.8 Å². The molecule has 176 valence electrons. The number of carboxylic acids is 2. The lowest BCUT2D eigenvalue weighted by Gasteiger charge is -2.29. The summed E-state index contributed by atoms with van der Waals surface area (Å²) >= 11 is 0. The third-order valence-corrected chi connectivity index (χ3v) is 6.43. The predicted octanol–water partition coefficient (Wildman–Crippen LogP) is 1.22. The second kappa shape index (κ2) is 8.71. The van der Waals surface area contributed by atoms with Crippen molar-refractivity contribution in [2.75, 3.05) is 7.11 Å². The van der Waals surface area contributed by atoms with Crippen LogP contribution in [0.2, 0.25) is 0 Å². The van der Waals surface area contributed by atoms with Gasteiger partial charge in [-0.2, -0.15) is 0 Å². The Bertz CT molecular complexity index is 1160. The lowest BCUT2D eigenvalue weighted by atomic mass is 9.77. The molecule has 2 aromatic rings. The third kappa shape index (κ3) is 3.71. The van der Waals surface area contributed by atoms with E-state index in [0.29, 0.717) is 11.1 Å². The van der Waals surface area contributed by atoms with Gasteiger partial charge in [-0.05, 0) is 23.3 Å². The van der Waals surface area contributed by atoms with Gasteiger partial charge >= 0.3 is 17.9 Å². The molecule has 3 N–H and O–H groups in total. The number of imide groups is 1. The predicted molar refractivity (Wildman–Crippen MR) is 115 cm³/mol. The molecule has 0 radical (unpaired) electrons. The molecule has 2 aromatic carbocycles. The highest BCUT2D eigenvalue weighted by molar-refractivity contribution is 6.10. The number of ether oxygens (including phenoxy) is 1. The zero-order valence-electron chi connectivity index (χ0n) is 18.1. The number of carboxylic acid groups (broad SMARTS) is 2. The Balaban J connectivity index is 1.77. The van der Waals surface area contributed by atoms with Gasteiger partial charge in [0.25, 0.3) is 0 Å². The van der Waals surface area contributed by atoms with E-state index < -0.39 is 59.6 Å². The third-order valence-electron chi connectivity index (χ3n) is 6.43. The summed E-state index contributed by atoms with van der Waals surface area (Å²) in [5.74, 6) is -7.38. The Labute approximate surface area is 194 Å². The number of benzene rings is 2. The van der Waals surface area contributed by atoms with Crippen LogP contribution in [0.15, 0.2) is 54.6 Å². The normalized spacial score (nSPS) is 25.8. The summed E-state index contributed by atoms with van der Waals surface area (Å²) in [6.07, 6.45) is -0.890. The minimum atomic E-state index is -2.18. The molecule has 0 bridgehead atoms. The largest absolute Gasteiger partial charge is 0.481 e. The average Bonchev–Trinajstić information content (AvgIpc) is 3.29. The van der Waals surface area contributed by atoms with Gasteiger partial charge in [0.05, 0.1) is 37.5 Å². The summed E-state index contributed by atoms with van der Waals surface area (Å²) in [6.45, 7) is -0.0533. The van der Waals surface area contributed by atoms with Crippen molar-refractivity contribution in [3.63, 3.8) is 0 Å². The van der Waals surface area contributed by atoms with Gasteiger partial charge in [0, 0.05) is 6.04 Å². The molecule has 10 nitrogen and oxygen atoms in total. The molecular formula is C24H22N2O8. The molecule has 2 fully saturated rings. The van der Waals surface area contributed by atoms with E-state index in [4.69, 9.17) is 0 Å². The fraction of sp³-hybridized carbons (Fsp3) is 0.292. The molecular weight excluding hydrogens is 444 g/mol. The molecule has 2 heterocycles. The van der Waals surface area contributed by atoms with E-state index >= 15 is 0 Å². The van der Waals surface area contributed by atoms with E-state index in [-0.39, 0.29) is 12.1 Å². The number of rotatable bonds is 7. The fourth-order valence-electron chi connectivity index (χ4n) is 4.89. The highest BCUT2D eigenvalue weighted by atomic mass is 16.5. The van der Waals surface area contributed by atoms with Crippen LogP contribution in [-0.2, 0) is 30.5 Å². The van der Waals surface area contributed by atoms with Gasteiger partial charge in [0.1, 0.15) is 5.54 Å². The Morgan fingerprint density at radius 3 is 2.21 bits per heavy atom. The van der Waals surface area contributed by atoms with Gasteiger partial charge in [0.2, 0.25) is 11.8 Å². The minimum Gasteiger partial charge on any atom is -0.481 e. The topological polar surface area (TPSA) is 150 Å². The average molecular weight is 466 g/mol. The maximum Gasteiger partial charge on any atom is 0.337 e. The first-order valence-electron chi connectivity index (χ1n) is 10.5. The Kier molecular flexibility index (Phi) is 5.92. The molecule has 34 heavy (non-hydrogen) atoms. The number of esters is 1. The van der Waals surface area contributed by atoms with Crippen LogP contribution < -0.4 is 5.32 Å². The monoisotopic (exact) mass is 466 g/mol. The van der Waals surface area contributed by atoms with E-state index in [1.54, 1.807) is 30.3 Å². The number of hydrogen-bond donors (Lipinski definition) is 3. The zero-order chi connectivity index (χ0) is 24.6. The molecule has 4 atom stereocenters. The zero-order valence-corrected chi connectivity index (χ0v) is 18.1. The first kappa shape index (κ1) is 23.1. The Hall–Kier alpha value is -4.05. The van der Waals surface area contributed by atoms with Crippen LogP contribution in [0.3, 0.4) is 0 Å². The van der Waals surface area contributed by atoms with E-state index in [1.807, 2.05) is 0 Å². The number of aliphatic carboxylic acids is 2. The van der Waals surface area contributed by atoms with Crippen LogP contribution in [-0.4, -0.2) is 57.5 Å². The van der Waals surface area contributed by atoms with Crippen LogP contribution >= 0.6 is 0 Å². The summed E-state index contributed by atoms with van der Waals surface area (Å²) in [7, 11) is 1.23. The fourth-order valence-corrected chi connectivity index (χ4v) is 4.89. The molecule has 4 unspecified atom stereocenters. The molecule has 0 saturated carbocycles. The van der Waals surface area contributed by atoms with E-state index in [0.717, 1.165) is 4.90 Å². The SMILES string of the molecule is COC(=O)c1ccc(C2NC(CC(=O)O)(C(=O)O)C3C(=O)N(Cc4ccccc4)C(=O)C23)cc1. The summed E-state index contributed by atoms with van der Waals surface area (Å²) in [6, 6.07) is 13.8. The second-order valence-electron chi connectivity index (χ2n) is 8.33. The Morgan fingerprint density at radius 2 is 1.65 bits per heavy atom. The molecule has 2 aliphatic rings. The van der Waals surface area contributed by atoms with Gasteiger partial charge in [-0.1, -0.05) is 42.5 Å². The van der Waals surface area contributed by atoms with Crippen molar-refractivity contribution in [1.82, 2.24) is 10.2 Å². The summed E-state index contributed by atoms with van der Waals surface area (Å²) in [4.78, 5) is 63.7. The molecule has 4 rings (SSSR count).